The van der Waals surface area contributed by atoms with Crippen LogP contribution in [0.5, 0.6) is 0 Å². The molecule has 4 nitrogen and oxygen atoms in total. The first-order valence-corrected chi connectivity index (χ1v) is 7.52. The molecule has 0 spiro atoms. The van der Waals surface area contributed by atoms with Gasteiger partial charge in [0.2, 0.25) is 0 Å². The van der Waals surface area contributed by atoms with E-state index in [1.807, 2.05) is 6.92 Å². The molecular weight excluding hydrogens is 228 g/mol. The molecular formula is C14H28N2O2. The van der Waals surface area contributed by atoms with E-state index in [2.05, 4.69) is 9.80 Å². The van der Waals surface area contributed by atoms with Crippen molar-refractivity contribution in [2.75, 3.05) is 52.5 Å². The highest BCUT2D eigenvalue weighted by Gasteiger charge is 2.13. The lowest BCUT2D eigenvalue weighted by atomic mass is 10.4. The van der Waals surface area contributed by atoms with Gasteiger partial charge in [0.25, 0.3) is 0 Å². The van der Waals surface area contributed by atoms with Crippen LogP contribution in [0, 0.1) is 0 Å². The van der Waals surface area contributed by atoms with E-state index in [1.165, 1.54) is 51.9 Å². The van der Waals surface area contributed by atoms with Crippen LogP contribution in [0.1, 0.15) is 32.6 Å². The van der Waals surface area contributed by atoms with Gasteiger partial charge in [-0.25, -0.2) is 0 Å². The minimum atomic E-state index is -0.0600. The van der Waals surface area contributed by atoms with E-state index in [1.54, 1.807) is 0 Å². The molecule has 0 saturated carbocycles. The summed E-state index contributed by atoms with van der Waals surface area (Å²) in [5.41, 5.74) is 0. The third-order valence-electron chi connectivity index (χ3n) is 3.92. The van der Waals surface area contributed by atoms with E-state index in [0.717, 1.165) is 26.3 Å². The number of rotatable bonds is 8. The summed E-state index contributed by atoms with van der Waals surface area (Å²) in [5, 5.41) is 0. The highest BCUT2D eigenvalue weighted by atomic mass is 16.7. The molecule has 0 atom stereocenters. The van der Waals surface area contributed by atoms with Crippen LogP contribution < -0.4 is 0 Å². The second kappa shape index (κ2) is 8.10. The van der Waals surface area contributed by atoms with Crippen LogP contribution in [-0.4, -0.2) is 68.6 Å². The predicted molar refractivity (Wildman–Crippen MR) is 72.7 cm³/mol. The minimum absolute atomic E-state index is 0.0600. The Morgan fingerprint density at radius 2 is 1.17 bits per heavy atom. The number of ether oxygens (including phenoxy) is 2. The van der Waals surface area contributed by atoms with Crippen molar-refractivity contribution in [1.82, 2.24) is 9.80 Å². The number of hydrogen-bond acceptors (Lipinski definition) is 4. The Labute approximate surface area is 111 Å². The summed E-state index contributed by atoms with van der Waals surface area (Å²) in [4.78, 5) is 4.94. The molecule has 18 heavy (non-hydrogen) atoms. The molecule has 2 fully saturated rings. The summed E-state index contributed by atoms with van der Waals surface area (Å²) in [6.07, 6.45) is 5.34. The molecule has 2 heterocycles. The fourth-order valence-electron chi connectivity index (χ4n) is 2.76. The summed E-state index contributed by atoms with van der Waals surface area (Å²) in [6.45, 7) is 10.7. The zero-order valence-corrected chi connectivity index (χ0v) is 11.8. The summed E-state index contributed by atoms with van der Waals surface area (Å²) in [5.74, 6) is 0. The molecule has 106 valence electrons. The van der Waals surface area contributed by atoms with E-state index in [0.29, 0.717) is 0 Å². The zero-order valence-electron chi connectivity index (χ0n) is 11.8. The topological polar surface area (TPSA) is 24.9 Å². The fourth-order valence-corrected chi connectivity index (χ4v) is 2.76. The van der Waals surface area contributed by atoms with Gasteiger partial charge in [0, 0.05) is 13.1 Å². The van der Waals surface area contributed by atoms with Crippen LogP contribution in [0.4, 0.5) is 0 Å². The molecule has 0 radical (unpaired) electrons. The van der Waals surface area contributed by atoms with Gasteiger partial charge < -0.3 is 19.3 Å². The van der Waals surface area contributed by atoms with Crippen LogP contribution in [0.2, 0.25) is 0 Å². The lowest BCUT2D eigenvalue weighted by Crippen LogP contribution is -2.29. The van der Waals surface area contributed by atoms with Crippen molar-refractivity contribution < 1.29 is 9.47 Å². The van der Waals surface area contributed by atoms with Crippen molar-refractivity contribution >= 4 is 0 Å². The van der Waals surface area contributed by atoms with Gasteiger partial charge in [-0.15, -0.1) is 0 Å². The van der Waals surface area contributed by atoms with Crippen LogP contribution in [0.3, 0.4) is 0 Å². The van der Waals surface area contributed by atoms with Crippen LogP contribution in [-0.2, 0) is 9.47 Å². The van der Waals surface area contributed by atoms with Crippen LogP contribution in [0.25, 0.3) is 0 Å². The molecule has 0 aromatic carbocycles. The van der Waals surface area contributed by atoms with Gasteiger partial charge in [-0.1, -0.05) is 0 Å². The largest absolute Gasteiger partial charge is 0.352 e. The average Bonchev–Trinajstić information content (AvgIpc) is 3.01. The zero-order chi connectivity index (χ0) is 12.6. The molecule has 0 amide bonds. The second-order valence-corrected chi connectivity index (χ2v) is 5.41. The van der Waals surface area contributed by atoms with Crippen molar-refractivity contribution in [3.63, 3.8) is 0 Å². The van der Waals surface area contributed by atoms with Crippen molar-refractivity contribution in [1.29, 1.82) is 0 Å². The van der Waals surface area contributed by atoms with E-state index in [9.17, 15) is 0 Å². The third-order valence-corrected chi connectivity index (χ3v) is 3.92. The maximum absolute atomic E-state index is 5.69. The lowest BCUT2D eigenvalue weighted by molar-refractivity contribution is -0.134. The first-order chi connectivity index (χ1) is 8.84. The quantitative estimate of drug-likeness (QED) is 0.615. The van der Waals surface area contributed by atoms with E-state index in [4.69, 9.17) is 9.47 Å². The Morgan fingerprint density at radius 1 is 0.778 bits per heavy atom. The summed E-state index contributed by atoms with van der Waals surface area (Å²) >= 11 is 0. The number of hydrogen-bond donors (Lipinski definition) is 0. The Hall–Kier alpha value is -0.160. The van der Waals surface area contributed by atoms with Gasteiger partial charge in [-0.3, -0.25) is 0 Å². The monoisotopic (exact) mass is 256 g/mol. The minimum Gasteiger partial charge on any atom is -0.352 e. The van der Waals surface area contributed by atoms with Crippen molar-refractivity contribution in [2.45, 2.75) is 38.9 Å². The normalized spacial score (nSPS) is 22.3. The summed E-state index contributed by atoms with van der Waals surface area (Å²) in [6, 6.07) is 0. The molecule has 2 rings (SSSR count). The smallest absolute Gasteiger partial charge is 0.154 e. The maximum atomic E-state index is 5.69. The second-order valence-electron chi connectivity index (χ2n) is 5.41. The first kappa shape index (κ1) is 14.3. The molecule has 2 aliphatic rings. The Balaban J connectivity index is 1.43. The van der Waals surface area contributed by atoms with Gasteiger partial charge in [0.15, 0.2) is 6.29 Å². The molecule has 4 heteroatoms. The SMILES string of the molecule is CC(OCCN1CCCC1)OCCN1CCCC1. The van der Waals surface area contributed by atoms with Gasteiger partial charge in [0.05, 0.1) is 13.2 Å². The molecule has 0 aromatic rings. The standard InChI is InChI=1S/C14H28N2O2/c1-14(17-12-10-15-6-2-3-7-15)18-13-11-16-8-4-5-9-16/h14H,2-13H2,1H3. The number of nitrogens with zero attached hydrogens (tertiary/aromatic N) is 2. The first-order valence-electron chi connectivity index (χ1n) is 7.52. The van der Waals surface area contributed by atoms with Crippen molar-refractivity contribution in [2.24, 2.45) is 0 Å². The highest BCUT2D eigenvalue weighted by molar-refractivity contribution is 4.66. The van der Waals surface area contributed by atoms with Crippen LogP contribution in [0.15, 0.2) is 0 Å². The van der Waals surface area contributed by atoms with Gasteiger partial charge in [-0.05, 0) is 58.8 Å². The molecule has 0 unspecified atom stereocenters. The maximum Gasteiger partial charge on any atom is 0.154 e. The molecule has 2 aliphatic heterocycles. The van der Waals surface area contributed by atoms with Crippen LogP contribution >= 0.6 is 0 Å². The summed E-state index contributed by atoms with van der Waals surface area (Å²) < 4.78 is 11.4. The average molecular weight is 256 g/mol. The highest BCUT2D eigenvalue weighted by Crippen LogP contribution is 2.08. The van der Waals surface area contributed by atoms with Gasteiger partial charge in [0.1, 0.15) is 0 Å². The summed E-state index contributed by atoms with van der Waals surface area (Å²) in [7, 11) is 0. The van der Waals surface area contributed by atoms with E-state index in [-0.39, 0.29) is 6.29 Å². The molecule has 2 saturated heterocycles. The number of likely N-dealkylation sites (tertiary alicyclic amines) is 2. The predicted octanol–water partition coefficient (Wildman–Crippen LogP) is 1.56. The van der Waals surface area contributed by atoms with Gasteiger partial charge >= 0.3 is 0 Å². The molecule has 0 bridgehead atoms. The van der Waals surface area contributed by atoms with Gasteiger partial charge in [-0.2, -0.15) is 0 Å². The van der Waals surface area contributed by atoms with Crippen molar-refractivity contribution in [3.05, 3.63) is 0 Å². The van der Waals surface area contributed by atoms with Crippen molar-refractivity contribution in [3.8, 4) is 0 Å². The Bertz CT molecular complexity index is 192. The molecule has 0 N–H and O–H groups in total. The fraction of sp³-hybridized carbons (Fsp3) is 1.00. The Morgan fingerprint density at radius 3 is 1.56 bits per heavy atom. The van der Waals surface area contributed by atoms with E-state index < -0.39 is 0 Å². The van der Waals surface area contributed by atoms with E-state index >= 15 is 0 Å². The lowest BCUT2D eigenvalue weighted by Gasteiger charge is -2.19. The Kier molecular flexibility index (Phi) is 6.41. The third kappa shape index (κ3) is 5.22. The molecule has 0 aliphatic carbocycles. The molecule has 0 aromatic heterocycles.